The molecule has 0 saturated heterocycles. The molecule has 0 aromatic heterocycles. The summed E-state index contributed by atoms with van der Waals surface area (Å²) in [4.78, 5) is 24.3. The second kappa shape index (κ2) is 46.0. The average molecular weight is 769 g/mol. The van der Waals surface area contributed by atoms with Crippen molar-refractivity contribution in [1.82, 2.24) is 0 Å². The zero-order valence-corrected chi connectivity index (χ0v) is 36.2. The lowest BCUT2D eigenvalue weighted by atomic mass is 10.0. The molecule has 1 N–H and O–H groups in total. The van der Waals surface area contributed by atoms with Crippen LogP contribution in [0.4, 0.5) is 0 Å². The number of ether oxygens (including phenoxy) is 2. The van der Waals surface area contributed by atoms with E-state index in [-0.39, 0.29) is 25.2 Å². The Morgan fingerprint density at radius 3 is 1.20 bits per heavy atom. The first-order valence-corrected chi connectivity index (χ1v) is 23.3. The van der Waals surface area contributed by atoms with Crippen LogP contribution in [0.1, 0.15) is 226 Å². The molecule has 0 aliphatic rings. The number of rotatable bonds is 42. The molecule has 0 radical (unpaired) electrons. The van der Waals surface area contributed by atoms with E-state index in [1.807, 2.05) is 0 Å². The van der Waals surface area contributed by atoms with Crippen LogP contribution in [0.2, 0.25) is 0 Å². The summed E-state index contributed by atoms with van der Waals surface area (Å²) in [5, 5.41) is 9.58. The highest BCUT2D eigenvalue weighted by Gasteiger charge is 2.16. The quantitative estimate of drug-likeness (QED) is 0.0380. The molecule has 318 valence electrons. The van der Waals surface area contributed by atoms with Crippen LogP contribution in [0, 0.1) is 0 Å². The maximum Gasteiger partial charge on any atom is 0.306 e. The van der Waals surface area contributed by atoms with Crippen LogP contribution in [0.25, 0.3) is 0 Å². The van der Waals surface area contributed by atoms with Crippen LogP contribution in [-0.2, 0) is 19.1 Å². The van der Waals surface area contributed by atoms with Gasteiger partial charge in [0.1, 0.15) is 6.61 Å². The van der Waals surface area contributed by atoms with Gasteiger partial charge in [0.15, 0.2) is 6.10 Å². The van der Waals surface area contributed by atoms with Crippen LogP contribution < -0.4 is 0 Å². The molecule has 5 nitrogen and oxygen atoms in total. The predicted octanol–water partition coefficient (Wildman–Crippen LogP) is 15.1. The number of allylic oxidation sites excluding steroid dienone is 10. The maximum absolute atomic E-state index is 12.2. The first kappa shape index (κ1) is 52.6. The monoisotopic (exact) mass is 769 g/mol. The van der Waals surface area contributed by atoms with Crippen molar-refractivity contribution < 1.29 is 24.2 Å². The fourth-order valence-electron chi connectivity index (χ4n) is 6.54. The fraction of sp³-hybridized carbons (Fsp3) is 0.760. The summed E-state index contributed by atoms with van der Waals surface area (Å²) in [6.07, 6.45) is 60.3. The van der Waals surface area contributed by atoms with Gasteiger partial charge in [-0.2, -0.15) is 0 Å². The van der Waals surface area contributed by atoms with Crippen molar-refractivity contribution in [3.63, 3.8) is 0 Å². The third-order valence-electron chi connectivity index (χ3n) is 10.0. The first-order chi connectivity index (χ1) is 27.1. The van der Waals surface area contributed by atoms with Gasteiger partial charge >= 0.3 is 11.9 Å². The van der Waals surface area contributed by atoms with E-state index in [0.717, 1.165) is 70.6 Å². The largest absolute Gasteiger partial charge is 0.462 e. The Kier molecular flexibility index (Phi) is 44.0. The van der Waals surface area contributed by atoms with Gasteiger partial charge in [-0.25, -0.2) is 0 Å². The van der Waals surface area contributed by atoms with Gasteiger partial charge in [0.25, 0.3) is 0 Å². The Morgan fingerprint density at radius 1 is 0.436 bits per heavy atom. The van der Waals surface area contributed by atoms with Crippen LogP contribution in [0.5, 0.6) is 0 Å². The molecule has 0 aromatic carbocycles. The van der Waals surface area contributed by atoms with Crippen LogP contribution in [0.3, 0.4) is 0 Å². The van der Waals surface area contributed by atoms with Crippen LogP contribution in [0.15, 0.2) is 60.8 Å². The average Bonchev–Trinajstić information content (AvgIpc) is 3.19. The van der Waals surface area contributed by atoms with E-state index in [0.29, 0.717) is 12.8 Å². The fourth-order valence-corrected chi connectivity index (χ4v) is 6.54. The predicted molar refractivity (Wildman–Crippen MR) is 237 cm³/mol. The molecule has 0 amide bonds. The molecular weight excluding hydrogens is 681 g/mol. The Labute approximate surface area is 341 Å². The normalized spacial score (nSPS) is 12.7. The third-order valence-corrected chi connectivity index (χ3v) is 10.0. The number of unbranched alkanes of at least 4 members (excludes halogenated alkanes) is 24. The van der Waals surface area contributed by atoms with E-state index in [9.17, 15) is 14.7 Å². The van der Waals surface area contributed by atoms with Crippen molar-refractivity contribution in [2.45, 2.75) is 232 Å². The number of esters is 2. The highest BCUT2D eigenvalue weighted by atomic mass is 16.6. The summed E-state index contributed by atoms with van der Waals surface area (Å²) in [6, 6.07) is 0. The van der Waals surface area contributed by atoms with Crippen molar-refractivity contribution in [2.24, 2.45) is 0 Å². The third kappa shape index (κ3) is 44.2. The van der Waals surface area contributed by atoms with Gasteiger partial charge in [-0.1, -0.05) is 197 Å². The van der Waals surface area contributed by atoms with Gasteiger partial charge in [-0.3, -0.25) is 9.59 Å². The van der Waals surface area contributed by atoms with Crippen molar-refractivity contribution in [3.8, 4) is 0 Å². The molecule has 0 aromatic rings. The summed E-state index contributed by atoms with van der Waals surface area (Å²) in [7, 11) is 0. The van der Waals surface area contributed by atoms with Gasteiger partial charge in [0.05, 0.1) is 6.61 Å². The highest BCUT2D eigenvalue weighted by molar-refractivity contribution is 5.70. The number of hydrogen-bond donors (Lipinski definition) is 1. The summed E-state index contributed by atoms with van der Waals surface area (Å²) in [6.45, 7) is 4.00. The number of carbonyl (C=O) groups excluding carboxylic acids is 2. The number of hydrogen-bond acceptors (Lipinski definition) is 5. The zero-order chi connectivity index (χ0) is 40.0. The van der Waals surface area contributed by atoms with E-state index in [1.165, 1.54) is 128 Å². The molecule has 0 rings (SSSR count). The summed E-state index contributed by atoms with van der Waals surface area (Å²) in [5.41, 5.74) is 0. The molecule has 1 unspecified atom stereocenters. The van der Waals surface area contributed by atoms with E-state index in [2.05, 4.69) is 74.6 Å². The van der Waals surface area contributed by atoms with Gasteiger partial charge in [-0.05, 0) is 77.0 Å². The van der Waals surface area contributed by atoms with Crippen molar-refractivity contribution in [1.29, 1.82) is 0 Å². The first-order valence-electron chi connectivity index (χ1n) is 23.3. The van der Waals surface area contributed by atoms with Gasteiger partial charge in [0, 0.05) is 12.8 Å². The molecule has 0 spiro atoms. The number of aliphatic hydroxyl groups is 1. The molecule has 55 heavy (non-hydrogen) atoms. The molecule has 0 heterocycles. The molecule has 0 fully saturated rings. The van der Waals surface area contributed by atoms with Crippen molar-refractivity contribution in [2.75, 3.05) is 13.2 Å². The maximum atomic E-state index is 12.2. The Bertz CT molecular complexity index is 961. The standard InChI is InChI=1S/C50H88O5/c1-3-5-7-9-11-13-15-17-18-19-20-21-22-23-24-25-26-27-28-29-30-31-32-33-35-37-39-41-43-45-50(53)55-48(46-51)47-54-49(52)44-42-40-38-36-34-16-14-12-10-8-6-4-2/h5,7,11-14,17-18,20-21,48,51H,3-4,6,8-10,15-16,19,22-47H2,1-2H3/b7-5-,13-11-,14-12-,18-17-,21-20-. The number of aliphatic hydroxyl groups excluding tert-OH is 1. The minimum atomic E-state index is -0.774. The molecule has 0 aliphatic carbocycles. The van der Waals surface area contributed by atoms with Gasteiger partial charge in [-0.15, -0.1) is 0 Å². The molecule has 5 heteroatoms. The second-order valence-electron chi connectivity index (χ2n) is 15.4. The molecule has 0 bridgehead atoms. The zero-order valence-electron chi connectivity index (χ0n) is 36.2. The lowest BCUT2D eigenvalue weighted by Crippen LogP contribution is -2.28. The van der Waals surface area contributed by atoms with E-state index >= 15 is 0 Å². The van der Waals surface area contributed by atoms with Crippen LogP contribution in [-0.4, -0.2) is 36.4 Å². The summed E-state index contributed by atoms with van der Waals surface area (Å²) in [5.74, 6) is -0.598. The molecule has 1 atom stereocenters. The summed E-state index contributed by atoms with van der Waals surface area (Å²) >= 11 is 0. The van der Waals surface area contributed by atoms with Gasteiger partial charge < -0.3 is 14.6 Å². The lowest BCUT2D eigenvalue weighted by Gasteiger charge is -2.15. The minimum Gasteiger partial charge on any atom is -0.462 e. The van der Waals surface area contributed by atoms with Gasteiger partial charge in [0.2, 0.25) is 0 Å². The lowest BCUT2D eigenvalue weighted by molar-refractivity contribution is -0.161. The molecular formula is C50H88O5. The minimum absolute atomic E-state index is 0.0696. The highest BCUT2D eigenvalue weighted by Crippen LogP contribution is 2.15. The summed E-state index contributed by atoms with van der Waals surface area (Å²) < 4.78 is 10.6. The smallest absolute Gasteiger partial charge is 0.306 e. The van der Waals surface area contributed by atoms with E-state index < -0.39 is 6.10 Å². The second-order valence-corrected chi connectivity index (χ2v) is 15.4. The Balaban J connectivity index is 3.47. The molecule has 0 aliphatic heterocycles. The topological polar surface area (TPSA) is 72.8 Å². The Morgan fingerprint density at radius 2 is 0.782 bits per heavy atom. The van der Waals surface area contributed by atoms with Crippen molar-refractivity contribution in [3.05, 3.63) is 60.8 Å². The van der Waals surface area contributed by atoms with Crippen LogP contribution >= 0.6 is 0 Å². The van der Waals surface area contributed by atoms with E-state index in [4.69, 9.17) is 9.47 Å². The van der Waals surface area contributed by atoms with Crippen molar-refractivity contribution >= 4 is 11.9 Å². The number of carbonyl (C=O) groups is 2. The Hall–Kier alpha value is -2.40. The van der Waals surface area contributed by atoms with E-state index in [1.54, 1.807) is 0 Å². The molecule has 0 saturated carbocycles. The SMILES string of the molecule is CC/C=C\C/C=C\C/C=C\C/C=C\CCCCCCCCCCCCCCCCCCC(=O)OC(CO)COC(=O)CCCCCCC/C=C\CCCCC.